The van der Waals surface area contributed by atoms with Crippen LogP contribution in [0, 0.1) is 6.92 Å². The third-order valence-corrected chi connectivity index (χ3v) is 1.68. The average molecular weight is 154 g/mol. The Morgan fingerprint density at radius 2 is 2.36 bits per heavy atom. The number of aromatic amines is 1. The van der Waals surface area contributed by atoms with Crippen LogP contribution in [0.15, 0.2) is 0 Å². The van der Waals surface area contributed by atoms with Crippen LogP contribution in [0.2, 0.25) is 0 Å². The van der Waals surface area contributed by atoms with Gasteiger partial charge in [-0.05, 0) is 20.4 Å². The SMILES string of the molecule is CCC(NC)c1n[nH]c(C)n1. The first-order valence-corrected chi connectivity index (χ1v) is 3.84. The third kappa shape index (κ3) is 1.77. The normalized spacial score (nSPS) is 13.4. The molecule has 11 heavy (non-hydrogen) atoms. The molecular weight excluding hydrogens is 140 g/mol. The van der Waals surface area contributed by atoms with Gasteiger partial charge in [0.25, 0.3) is 0 Å². The quantitative estimate of drug-likeness (QED) is 0.676. The van der Waals surface area contributed by atoms with E-state index < -0.39 is 0 Å². The van der Waals surface area contributed by atoms with Gasteiger partial charge in [-0.2, -0.15) is 5.10 Å². The van der Waals surface area contributed by atoms with Crippen molar-refractivity contribution in [3.05, 3.63) is 11.6 Å². The summed E-state index contributed by atoms with van der Waals surface area (Å²) >= 11 is 0. The van der Waals surface area contributed by atoms with Gasteiger partial charge in [0.2, 0.25) is 0 Å². The standard InChI is InChI=1S/C7H14N4/c1-4-6(8-3)7-9-5(2)10-11-7/h6,8H,4H2,1-3H3,(H,9,10,11). The van der Waals surface area contributed by atoms with Crippen molar-refractivity contribution in [3.8, 4) is 0 Å². The maximum absolute atomic E-state index is 4.22. The largest absolute Gasteiger partial charge is 0.310 e. The molecule has 0 bridgehead atoms. The van der Waals surface area contributed by atoms with Gasteiger partial charge in [0.05, 0.1) is 6.04 Å². The molecule has 62 valence electrons. The van der Waals surface area contributed by atoms with Gasteiger partial charge in [-0.3, -0.25) is 5.10 Å². The number of aryl methyl sites for hydroxylation is 1. The van der Waals surface area contributed by atoms with E-state index in [0.29, 0.717) is 0 Å². The lowest BCUT2D eigenvalue weighted by atomic mass is 10.2. The predicted molar refractivity (Wildman–Crippen MR) is 43.2 cm³/mol. The molecule has 0 aliphatic carbocycles. The Labute approximate surface area is 66.4 Å². The molecule has 1 heterocycles. The Morgan fingerprint density at radius 1 is 1.64 bits per heavy atom. The van der Waals surface area contributed by atoms with Gasteiger partial charge >= 0.3 is 0 Å². The van der Waals surface area contributed by atoms with Crippen LogP contribution in [0.1, 0.15) is 31.0 Å². The minimum absolute atomic E-state index is 0.278. The summed E-state index contributed by atoms with van der Waals surface area (Å²) in [5.41, 5.74) is 0. The molecule has 0 spiro atoms. The molecule has 2 N–H and O–H groups in total. The second-order valence-electron chi connectivity index (χ2n) is 2.53. The number of rotatable bonds is 3. The van der Waals surface area contributed by atoms with E-state index in [1.807, 2.05) is 14.0 Å². The molecule has 1 aromatic rings. The van der Waals surface area contributed by atoms with Crippen molar-refractivity contribution in [2.24, 2.45) is 0 Å². The number of aromatic nitrogens is 3. The summed E-state index contributed by atoms with van der Waals surface area (Å²) < 4.78 is 0. The fraction of sp³-hybridized carbons (Fsp3) is 0.714. The Hall–Kier alpha value is -0.900. The van der Waals surface area contributed by atoms with E-state index >= 15 is 0 Å². The van der Waals surface area contributed by atoms with Crippen molar-refractivity contribution in [1.29, 1.82) is 0 Å². The topological polar surface area (TPSA) is 53.6 Å². The minimum atomic E-state index is 0.278. The van der Waals surface area contributed by atoms with Crippen LogP contribution in [0.25, 0.3) is 0 Å². The van der Waals surface area contributed by atoms with Crippen molar-refractivity contribution >= 4 is 0 Å². The average Bonchev–Trinajstić information content (AvgIpc) is 2.39. The second-order valence-corrected chi connectivity index (χ2v) is 2.53. The lowest BCUT2D eigenvalue weighted by Gasteiger charge is -2.07. The molecule has 1 rings (SSSR count). The monoisotopic (exact) mass is 154 g/mol. The highest BCUT2D eigenvalue weighted by Crippen LogP contribution is 2.09. The first-order chi connectivity index (χ1) is 5.27. The van der Waals surface area contributed by atoms with Crippen molar-refractivity contribution in [1.82, 2.24) is 20.5 Å². The summed E-state index contributed by atoms with van der Waals surface area (Å²) in [6.45, 7) is 4.01. The van der Waals surface area contributed by atoms with E-state index in [2.05, 4.69) is 27.4 Å². The van der Waals surface area contributed by atoms with Gasteiger partial charge in [0, 0.05) is 0 Å². The molecule has 0 fully saturated rings. The lowest BCUT2D eigenvalue weighted by molar-refractivity contribution is 0.546. The van der Waals surface area contributed by atoms with Gasteiger partial charge in [-0.1, -0.05) is 6.92 Å². The fourth-order valence-corrected chi connectivity index (χ4v) is 1.03. The molecule has 0 amide bonds. The Morgan fingerprint density at radius 3 is 2.73 bits per heavy atom. The molecule has 1 unspecified atom stereocenters. The van der Waals surface area contributed by atoms with E-state index in [0.717, 1.165) is 18.1 Å². The lowest BCUT2D eigenvalue weighted by Crippen LogP contribution is -2.16. The molecular formula is C7H14N4. The van der Waals surface area contributed by atoms with Crippen LogP contribution >= 0.6 is 0 Å². The summed E-state index contributed by atoms with van der Waals surface area (Å²) in [7, 11) is 1.92. The summed E-state index contributed by atoms with van der Waals surface area (Å²) in [5.74, 6) is 1.72. The molecule has 0 saturated carbocycles. The second kappa shape index (κ2) is 3.48. The highest BCUT2D eigenvalue weighted by Gasteiger charge is 2.10. The molecule has 1 aromatic heterocycles. The molecule has 0 aromatic carbocycles. The van der Waals surface area contributed by atoms with Gasteiger partial charge in [0.1, 0.15) is 5.82 Å². The molecule has 0 radical (unpaired) electrons. The zero-order valence-corrected chi connectivity index (χ0v) is 7.18. The Balaban J connectivity index is 2.73. The number of hydrogen-bond donors (Lipinski definition) is 2. The van der Waals surface area contributed by atoms with Crippen molar-refractivity contribution in [3.63, 3.8) is 0 Å². The van der Waals surface area contributed by atoms with E-state index in [1.165, 1.54) is 0 Å². The molecule has 0 saturated heterocycles. The van der Waals surface area contributed by atoms with Gasteiger partial charge in [-0.15, -0.1) is 0 Å². The van der Waals surface area contributed by atoms with E-state index in [4.69, 9.17) is 0 Å². The van der Waals surface area contributed by atoms with Crippen LogP contribution in [0.3, 0.4) is 0 Å². The summed E-state index contributed by atoms with van der Waals surface area (Å²) in [4.78, 5) is 4.22. The highest BCUT2D eigenvalue weighted by atomic mass is 15.2. The summed E-state index contributed by atoms with van der Waals surface area (Å²) in [6.07, 6.45) is 1.01. The van der Waals surface area contributed by atoms with Crippen LogP contribution < -0.4 is 5.32 Å². The predicted octanol–water partition coefficient (Wildman–Crippen LogP) is 0.784. The van der Waals surface area contributed by atoms with E-state index in [1.54, 1.807) is 0 Å². The Kier molecular flexibility index (Phi) is 2.59. The van der Waals surface area contributed by atoms with Gasteiger partial charge < -0.3 is 5.32 Å². The Bertz CT molecular complexity index is 214. The smallest absolute Gasteiger partial charge is 0.167 e. The van der Waals surface area contributed by atoms with Crippen molar-refractivity contribution in [2.75, 3.05) is 7.05 Å². The van der Waals surface area contributed by atoms with Crippen LogP contribution in [0.5, 0.6) is 0 Å². The molecule has 0 aliphatic heterocycles. The van der Waals surface area contributed by atoms with E-state index in [-0.39, 0.29) is 6.04 Å². The van der Waals surface area contributed by atoms with Gasteiger partial charge in [0.15, 0.2) is 5.82 Å². The zero-order chi connectivity index (χ0) is 8.27. The number of hydrogen-bond acceptors (Lipinski definition) is 3. The molecule has 1 atom stereocenters. The minimum Gasteiger partial charge on any atom is -0.310 e. The van der Waals surface area contributed by atoms with Crippen LogP contribution in [-0.2, 0) is 0 Å². The number of H-pyrrole nitrogens is 1. The first-order valence-electron chi connectivity index (χ1n) is 3.84. The maximum atomic E-state index is 4.22. The molecule has 4 nitrogen and oxygen atoms in total. The molecule has 4 heteroatoms. The fourth-order valence-electron chi connectivity index (χ4n) is 1.03. The third-order valence-electron chi connectivity index (χ3n) is 1.68. The van der Waals surface area contributed by atoms with Gasteiger partial charge in [-0.25, -0.2) is 4.98 Å². The highest BCUT2D eigenvalue weighted by molar-refractivity contribution is 4.94. The number of nitrogens with one attached hydrogen (secondary N) is 2. The maximum Gasteiger partial charge on any atom is 0.167 e. The summed E-state index contributed by atoms with van der Waals surface area (Å²) in [5, 5.41) is 10.0. The van der Waals surface area contributed by atoms with Crippen molar-refractivity contribution < 1.29 is 0 Å². The zero-order valence-electron chi connectivity index (χ0n) is 7.18. The van der Waals surface area contributed by atoms with E-state index in [9.17, 15) is 0 Å². The van der Waals surface area contributed by atoms with Crippen LogP contribution in [-0.4, -0.2) is 22.2 Å². The first kappa shape index (κ1) is 8.20. The van der Waals surface area contributed by atoms with Crippen molar-refractivity contribution in [2.45, 2.75) is 26.3 Å². The molecule has 0 aliphatic rings. The number of nitrogens with zero attached hydrogens (tertiary/aromatic N) is 2. The summed E-state index contributed by atoms with van der Waals surface area (Å²) in [6, 6.07) is 0.278. The van der Waals surface area contributed by atoms with Crippen LogP contribution in [0.4, 0.5) is 0 Å².